The van der Waals surface area contributed by atoms with Crippen LogP contribution in [0.1, 0.15) is 80.5 Å². The number of rotatable bonds is 7. The van der Waals surface area contributed by atoms with E-state index in [1.165, 1.54) is 92.0 Å². The van der Waals surface area contributed by atoms with Crippen molar-refractivity contribution in [2.24, 2.45) is 0 Å². The third kappa shape index (κ3) is 7.20. The number of thiophene rings is 1. The molecule has 0 aliphatic heterocycles. The van der Waals surface area contributed by atoms with Crippen molar-refractivity contribution < 1.29 is 0 Å². The van der Waals surface area contributed by atoms with Gasteiger partial charge in [-0.3, -0.25) is 0 Å². The molecule has 0 bridgehead atoms. The summed E-state index contributed by atoms with van der Waals surface area (Å²) >= 11 is 1.94. The van der Waals surface area contributed by atoms with Crippen molar-refractivity contribution in [2.75, 3.05) is 28.6 Å². The topological polar surface area (TPSA) is 6.48 Å². The van der Waals surface area contributed by atoms with Gasteiger partial charge in [0, 0.05) is 54.2 Å². The molecule has 2 nitrogen and oxygen atoms in total. The van der Waals surface area contributed by atoms with Crippen molar-refractivity contribution in [1.29, 1.82) is 0 Å². The SMILES string of the molecule is Cc1ccc(N(c2ccc(C(C)(C)C)cc2)c2ccc3c(c2)C2(c4ccccc4-c4ccccc42)c2cc(N(c4ccc(C(C)(C)C)cc4)c4ccc(S(C)(C)C)cc4)c4c(sc5ccccc54)c2-3)cc1. The summed E-state index contributed by atoms with van der Waals surface area (Å²) in [4.78, 5) is 6.42. The minimum atomic E-state index is -0.937. The first-order valence-corrected chi connectivity index (χ1v) is 28.7. The molecular formula is C67H62N2S2. The van der Waals surface area contributed by atoms with E-state index in [4.69, 9.17) is 0 Å². The Morgan fingerprint density at radius 2 is 0.915 bits per heavy atom. The molecule has 0 saturated heterocycles. The molecule has 0 atom stereocenters. The molecule has 2 aliphatic carbocycles. The van der Waals surface area contributed by atoms with Crippen molar-refractivity contribution in [3.8, 4) is 22.3 Å². The van der Waals surface area contributed by atoms with E-state index in [9.17, 15) is 0 Å². The van der Waals surface area contributed by atoms with Gasteiger partial charge in [-0.25, -0.2) is 10.0 Å². The van der Waals surface area contributed by atoms with Gasteiger partial charge in [0.1, 0.15) is 0 Å². The molecule has 0 radical (unpaired) electrons. The molecule has 1 aromatic heterocycles. The molecule has 352 valence electrons. The Hall–Kier alpha value is -6.85. The van der Waals surface area contributed by atoms with E-state index in [-0.39, 0.29) is 10.8 Å². The second-order valence-corrected chi connectivity index (χ2v) is 27.8. The number of anilines is 6. The lowest BCUT2D eigenvalue weighted by molar-refractivity contribution is 0.590. The number of nitrogens with zero attached hydrogens (tertiary/aromatic N) is 2. The van der Waals surface area contributed by atoms with Crippen LogP contribution in [0.2, 0.25) is 0 Å². The molecule has 4 heteroatoms. The predicted molar refractivity (Wildman–Crippen MR) is 311 cm³/mol. The van der Waals surface area contributed by atoms with Gasteiger partial charge >= 0.3 is 0 Å². The molecule has 9 aromatic carbocycles. The van der Waals surface area contributed by atoms with Crippen LogP contribution in [0.25, 0.3) is 42.4 Å². The molecule has 2 aliphatic rings. The Morgan fingerprint density at radius 3 is 1.46 bits per heavy atom. The van der Waals surface area contributed by atoms with Crippen molar-refractivity contribution >= 4 is 75.7 Å². The maximum Gasteiger partial charge on any atom is 0.0727 e. The van der Waals surface area contributed by atoms with Crippen LogP contribution < -0.4 is 9.80 Å². The van der Waals surface area contributed by atoms with E-state index >= 15 is 0 Å². The molecule has 0 amide bonds. The van der Waals surface area contributed by atoms with E-state index in [0.29, 0.717) is 0 Å². The average molecular weight is 959 g/mol. The van der Waals surface area contributed by atoms with E-state index in [1.54, 1.807) is 0 Å². The van der Waals surface area contributed by atoms with Gasteiger partial charge in [-0.05, 0) is 176 Å². The smallest absolute Gasteiger partial charge is 0.0727 e. The van der Waals surface area contributed by atoms with Gasteiger partial charge in [0.05, 0.1) is 11.1 Å². The lowest BCUT2D eigenvalue weighted by Gasteiger charge is -2.34. The summed E-state index contributed by atoms with van der Waals surface area (Å²) in [6.07, 6.45) is 7.15. The summed E-state index contributed by atoms with van der Waals surface area (Å²) in [6.45, 7) is 16.0. The lowest BCUT2D eigenvalue weighted by atomic mass is 9.70. The number of hydrogen-bond donors (Lipinski definition) is 0. The van der Waals surface area contributed by atoms with Crippen LogP contribution in [0.5, 0.6) is 0 Å². The first-order chi connectivity index (χ1) is 34.0. The van der Waals surface area contributed by atoms with E-state index in [2.05, 4.69) is 271 Å². The Balaban J connectivity index is 1.19. The summed E-state index contributed by atoms with van der Waals surface area (Å²) < 4.78 is 2.62. The number of aryl methyl sites for hydroxylation is 1. The van der Waals surface area contributed by atoms with Crippen LogP contribution in [0.3, 0.4) is 0 Å². The monoisotopic (exact) mass is 958 g/mol. The molecule has 12 rings (SSSR count). The van der Waals surface area contributed by atoms with E-state index < -0.39 is 15.4 Å². The molecule has 0 unspecified atom stereocenters. The van der Waals surface area contributed by atoms with Crippen molar-refractivity contribution in [2.45, 2.75) is 69.6 Å². The zero-order valence-corrected chi connectivity index (χ0v) is 44.3. The van der Waals surface area contributed by atoms with E-state index in [1.807, 2.05) is 11.3 Å². The van der Waals surface area contributed by atoms with Crippen molar-refractivity contribution in [1.82, 2.24) is 0 Å². The summed E-state index contributed by atoms with van der Waals surface area (Å²) in [7, 11) is -0.937. The highest BCUT2D eigenvalue weighted by atomic mass is 32.3. The highest BCUT2D eigenvalue weighted by molar-refractivity contribution is 8.32. The Labute approximate surface area is 426 Å². The Morgan fingerprint density at radius 1 is 0.437 bits per heavy atom. The number of hydrogen-bond acceptors (Lipinski definition) is 3. The third-order valence-corrected chi connectivity index (χ3v) is 18.1. The molecule has 71 heavy (non-hydrogen) atoms. The predicted octanol–water partition coefficient (Wildman–Crippen LogP) is 19.3. The van der Waals surface area contributed by atoms with Crippen LogP contribution in [0.15, 0.2) is 199 Å². The lowest BCUT2D eigenvalue weighted by Crippen LogP contribution is -2.26. The first-order valence-electron chi connectivity index (χ1n) is 25.0. The number of fused-ring (bicyclic) bond motifs is 14. The minimum Gasteiger partial charge on any atom is -0.310 e. The second kappa shape index (κ2) is 16.3. The summed E-state index contributed by atoms with van der Waals surface area (Å²) in [6, 6.07) is 74.6. The second-order valence-electron chi connectivity index (χ2n) is 22.6. The van der Waals surface area contributed by atoms with Crippen LogP contribution in [-0.2, 0) is 16.2 Å². The molecule has 1 heterocycles. The van der Waals surface area contributed by atoms with Crippen LogP contribution in [0.4, 0.5) is 34.1 Å². The summed E-state index contributed by atoms with van der Waals surface area (Å²) in [5.74, 6) is 0. The van der Waals surface area contributed by atoms with Gasteiger partial charge in [0.15, 0.2) is 0 Å². The third-order valence-electron chi connectivity index (χ3n) is 15.2. The van der Waals surface area contributed by atoms with Gasteiger partial charge in [-0.1, -0.05) is 156 Å². The largest absolute Gasteiger partial charge is 0.310 e. The fraction of sp³-hybridized carbons (Fsp3) is 0.194. The van der Waals surface area contributed by atoms with Gasteiger partial charge in [0.25, 0.3) is 0 Å². The fourth-order valence-corrected chi connectivity index (χ4v) is 13.8. The maximum atomic E-state index is 2.61. The van der Waals surface area contributed by atoms with Crippen LogP contribution >= 0.6 is 21.4 Å². The van der Waals surface area contributed by atoms with Crippen LogP contribution in [-0.4, -0.2) is 18.8 Å². The highest BCUT2D eigenvalue weighted by Crippen LogP contribution is 2.66. The average Bonchev–Trinajstić information content (AvgIpc) is 3.99. The normalized spacial score (nSPS) is 13.8. The standard InChI is InChI=1S/C67H62N2S2/c1-43-23-29-46(30-24-43)68(47-31-25-44(26-32-47)65(2,3)4)50-37-40-54-58(41-50)67(56-20-14-11-17-52(56)53-18-12-15-21-57(53)67)59-42-60(63-55-19-13-16-22-61(55)70-64(63)62(54)59)69(48-33-27-45(28-34-48)66(5,6)7)49-35-38-51(39-36-49)71(8,9)10/h11-42H,1-10H3. The quantitative estimate of drug-likeness (QED) is 0.157. The summed E-state index contributed by atoms with van der Waals surface area (Å²) in [5, 5.41) is 2.58. The Bertz CT molecular complexity index is 3590. The van der Waals surface area contributed by atoms with Gasteiger partial charge < -0.3 is 9.80 Å². The highest BCUT2D eigenvalue weighted by Gasteiger charge is 2.53. The fourth-order valence-electron chi connectivity index (χ4n) is 11.6. The van der Waals surface area contributed by atoms with Gasteiger partial charge in [0.2, 0.25) is 0 Å². The van der Waals surface area contributed by atoms with E-state index in [0.717, 1.165) is 28.4 Å². The zero-order valence-electron chi connectivity index (χ0n) is 42.7. The van der Waals surface area contributed by atoms with Crippen molar-refractivity contribution in [3.05, 3.63) is 233 Å². The molecule has 0 N–H and O–H groups in total. The molecule has 0 saturated carbocycles. The first kappa shape index (κ1) is 45.3. The minimum absolute atomic E-state index is 0.0239. The van der Waals surface area contributed by atoms with Crippen LogP contribution in [0, 0.1) is 6.92 Å². The van der Waals surface area contributed by atoms with Crippen molar-refractivity contribution in [3.63, 3.8) is 0 Å². The Kier molecular flexibility index (Phi) is 10.4. The summed E-state index contributed by atoms with van der Waals surface area (Å²) in [5.41, 5.74) is 20.8. The molecule has 10 aromatic rings. The van der Waals surface area contributed by atoms with Gasteiger partial charge in [-0.15, -0.1) is 11.3 Å². The number of benzene rings is 9. The van der Waals surface area contributed by atoms with Gasteiger partial charge in [-0.2, -0.15) is 0 Å². The molecular weight excluding hydrogens is 897 g/mol. The molecule has 0 fully saturated rings. The molecule has 1 spiro atoms. The zero-order chi connectivity index (χ0) is 49.2. The maximum absolute atomic E-state index is 2.61.